The molecule has 0 fully saturated rings. The van der Waals surface area contributed by atoms with Gasteiger partial charge in [0.15, 0.2) is 5.96 Å². The Morgan fingerprint density at radius 2 is 1.85 bits per heavy atom. The molecule has 0 saturated carbocycles. The number of aliphatic hydroxyl groups excluding tert-OH is 1. The lowest BCUT2D eigenvalue weighted by atomic mass is 10.1. The second-order valence-corrected chi connectivity index (χ2v) is 5.69. The van der Waals surface area contributed by atoms with Gasteiger partial charge in [0.1, 0.15) is 11.5 Å². The molecule has 140 valence electrons. The van der Waals surface area contributed by atoms with Crippen molar-refractivity contribution in [2.24, 2.45) is 4.99 Å². The zero-order chi connectivity index (χ0) is 18.8. The van der Waals surface area contributed by atoms with Gasteiger partial charge in [-0.2, -0.15) is 0 Å². The Morgan fingerprint density at radius 1 is 1.08 bits per heavy atom. The average Bonchev–Trinajstić information content (AvgIpc) is 2.70. The molecule has 0 aliphatic carbocycles. The van der Waals surface area contributed by atoms with Crippen molar-refractivity contribution in [3.63, 3.8) is 0 Å². The summed E-state index contributed by atoms with van der Waals surface area (Å²) >= 11 is 0. The fourth-order valence-corrected chi connectivity index (χ4v) is 2.50. The van der Waals surface area contributed by atoms with Crippen molar-refractivity contribution in [3.8, 4) is 11.5 Å². The third kappa shape index (κ3) is 5.67. The summed E-state index contributed by atoms with van der Waals surface area (Å²) in [5, 5.41) is 16.9. The number of hydrogen-bond acceptors (Lipinski definition) is 4. The molecule has 0 saturated heterocycles. The fourth-order valence-electron chi connectivity index (χ4n) is 2.50. The Kier molecular flexibility index (Phi) is 7.76. The Morgan fingerprint density at radius 3 is 2.50 bits per heavy atom. The van der Waals surface area contributed by atoms with Gasteiger partial charge in [0.2, 0.25) is 0 Å². The number of nitrogens with one attached hydrogen (secondary N) is 2. The second kappa shape index (κ2) is 10.3. The number of ether oxygens (including phenoxy) is 2. The van der Waals surface area contributed by atoms with Crippen LogP contribution < -0.4 is 20.1 Å². The lowest BCUT2D eigenvalue weighted by Gasteiger charge is -2.18. The van der Waals surface area contributed by atoms with Crippen molar-refractivity contribution in [2.75, 3.05) is 27.3 Å². The first-order valence-electron chi connectivity index (χ1n) is 8.64. The number of benzene rings is 2. The van der Waals surface area contributed by atoms with E-state index in [0.717, 1.165) is 12.1 Å². The molecule has 1 unspecified atom stereocenters. The second-order valence-electron chi connectivity index (χ2n) is 5.69. The van der Waals surface area contributed by atoms with Gasteiger partial charge >= 0.3 is 0 Å². The molecule has 2 aromatic rings. The maximum Gasteiger partial charge on any atom is 0.191 e. The van der Waals surface area contributed by atoms with Crippen molar-refractivity contribution in [2.45, 2.75) is 19.6 Å². The molecule has 3 N–H and O–H groups in total. The average molecular weight is 357 g/mol. The molecule has 6 nitrogen and oxygen atoms in total. The standard InChI is InChI=1S/C20H27N3O3/c1-4-21-20(22-13-15-8-6-5-7-9-15)23-14-18(24)17-12-16(25-2)10-11-19(17)26-3/h5-12,18,24H,4,13-14H2,1-3H3,(H2,21,22,23). The molecule has 6 heteroatoms. The van der Waals surface area contributed by atoms with Crippen LogP contribution in [-0.2, 0) is 6.54 Å². The first-order valence-corrected chi connectivity index (χ1v) is 8.64. The van der Waals surface area contributed by atoms with Gasteiger partial charge < -0.3 is 25.2 Å². The summed E-state index contributed by atoms with van der Waals surface area (Å²) in [6, 6.07) is 15.4. The maximum atomic E-state index is 10.6. The van der Waals surface area contributed by atoms with E-state index in [2.05, 4.69) is 15.6 Å². The summed E-state index contributed by atoms with van der Waals surface area (Å²) in [5.41, 5.74) is 1.79. The zero-order valence-corrected chi connectivity index (χ0v) is 15.5. The van der Waals surface area contributed by atoms with Gasteiger partial charge in [-0.15, -0.1) is 0 Å². The Bertz CT molecular complexity index is 705. The van der Waals surface area contributed by atoms with E-state index < -0.39 is 6.10 Å². The van der Waals surface area contributed by atoms with E-state index >= 15 is 0 Å². The topological polar surface area (TPSA) is 75.1 Å². The first-order chi connectivity index (χ1) is 12.7. The summed E-state index contributed by atoms with van der Waals surface area (Å²) in [6.45, 7) is 3.60. The van der Waals surface area contributed by atoms with E-state index in [0.29, 0.717) is 36.1 Å². The van der Waals surface area contributed by atoms with Gasteiger partial charge in [-0.3, -0.25) is 0 Å². The highest BCUT2D eigenvalue weighted by Gasteiger charge is 2.15. The van der Waals surface area contributed by atoms with E-state index in [9.17, 15) is 5.11 Å². The summed E-state index contributed by atoms with van der Waals surface area (Å²) in [5.74, 6) is 1.94. The molecule has 0 spiro atoms. The number of guanidine groups is 1. The zero-order valence-electron chi connectivity index (χ0n) is 15.5. The van der Waals surface area contributed by atoms with Crippen LogP contribution in [0.1, 0.15) is 24.2 Å². The van der Waals surface area contributed by atoms with E-state index in [1.165, 1.54) is 0 Å². The molecule has 0 aromatic heterocycles. The van der Waals surface area contributed by atoms with Gasteiger partial charge in [-0.1, -0.05) is 30.3 Å². The van der Waals surface area contributed by atoms with Crippen molar-refractivity contribution < 1.29 is 14.6 Å². The smallest absolute Gasteiger partial charge is 0.191 e. The normalized spacial score (nSPS) is 12.4. The lowest BCUT2D eigenvalue weighted by Crippen LogP contribution is -2.39. The molecule has 1 atom stereocenters. The summed E-state index contributed by atoms with van der Waals surface area (Å²) in [6.07, 6.45) is -0.763. The predicted octanol–water partition coefficient (Wildman–Crippen LogP) is 2.49. The molecule has 26 heavy (non-hydrogen) atoms. The number of hydrogen-bond donors (Lipinski definition) is 3. The van der Waals surface area contributed by atoms with Crippen molar-refractivity contribution in [1.29, 1.82) is 0 Å². The van der Waals surface area contributed by atoms with Crippen LogP contribution in [0.15, 0.2) is 53.5 Å². The van der Waals surface area contributed by atoms with Gasteiger partial charge in [-0.25, -0.2) is 4.99 Å². The monoisotopic (exact) mass is 357 g/mol. The Labute approximate surface area is 154 Å². The highest BCUT2D eigenvalue weighted by Crippen LogP contribution is 2.29. The molecule has 0 aliphatic rings. The van der Waals surface area contributed by atoms with E-state index in [4.69, 9.17) is 9.47 Å². The van der Waals surface area contributed by atoms with E-state index in [1.807, 2.05) is 37.3 Å². The van der Waals surface area contributed by atoms with Crippen LogP contribution in [0.4, 0.5) is 0 Å². The summed E-state index contributed by atoms with van der Waals surface area (Å²) in [7, 11) is 3.17. The van der Waals surface area contributed by atoms with Crippen LogP contribution in [0, 0.1) is 0 Å². The van der Waals surface area contributed by atoms with Gasteiger partial charge in [0.25, 0.3) is 0 Å². The number of methoxy groups -OCH3 is 2. The van der Waals surface area contributed by atoms with E-state index in [-0.39, 0.29) is 0 Å². The molecule has 2 rings (SSSR count). The quantitative estimate of drug-likeness (QED) is 0.500. The van der Waals surface area contributed by atoms with Gasteiger partial charge in [0.05, 0.1) is 26.9 Å². The Hall–Kier alpha value is -2.73. The van der Waals surface area contributed by atoms with Crippen LogP contribution in [0.2, 0.25) is 0 Å². The number of aliphatic imine (C=N–C) groups is 1. The minimum Gasteiger partial charge on any atom is -0.497 e. The number of rotatable bonds is 8. The number of aliphatic hydroxyl groups is 1. The van der Waals surface area contributed by atoms with Crippen molar-refractivity contribution in [1.82, 2.24) is 10.6 Å². The Balaban J connectivity index is 2.03. The largest absolute Gasteiger partial charge is 0.497 e. The summed E-state index contributed by atoms with van der Waals surface area (Å²) < 4.78 is 10.6. The molecule has 2 aromatic carbocycles. The molecule has 0 heterocycles. The molecular formula is C20H27N3O3. The summed E-state index contributed by atoms with van der Waals surface area (Å²) in [4.78, 5) is 4.55. The highest BCUT2D eigenvalue weighted by molar-refractivity contribution is 5.79. The fraction of sp³-hybridized carbons (Fsp3) is 0.350. The van der Waals surface area contributed by atoms with E-state index in [1.54, 1.807) is 32.4 Å². The predicted molar refractivity (Wildman–Crippen MR) is 104 cm³/mol. The SMILES string of the molecule is CCNC(=NCc1ccccc1)NCC(O)c1cc(OC)ccc1OC. The third-order valence-corrected chi connectivity index (χ3v) is 3.87. The van der Waals surface area contributed by atoms with Crippen LogP contribution in [-0.4, -0.2) is 38.4 Å². The molecule has 0 aliphatic heterocycles. The molecule has 0 bridgehead atoms. The molecule has 0 radical (unpaired) electrons. The van der Waals surface area contributed by atoms with Crippen LogP contribution >= 0.6 is 0 Å². The maximum absolute atomic E-state index is 10.6. The van der Waals surface area contributed by atoms with Crippen LogP contribution in [0.25, 0.3) is 0 Å². The third-order valence-electron chi connectivity index (χ3n) is 3.87. The molecule has 0 amide bonds. The van der Waals surface area contributed by atoms with Crippen molar-refractivity contribution >= 4 is 5.96 Å². The molecular weight excluding hydrogens is 330 g/mol. The first kappa shape index (κ1) is 19.6. The minimum absolute atomic E-state index is 0.296. The van der Waals surface area contributed by atoms with Gasteiger partial charge in [0, 0.05) is 18.7 Å². The minimum atomic E-state index is -0.763. The highest BCUT2D eigenvalue weighted by atomic mass is 16.5. The van der Waals surface area contributed by atoms with Crippen molar-refractivity contribution in [3.05, 3.63) is 59.7 Å². The lowest BCUT2D eigenvalue weighted by molar-refractivity contribution is 0.176. The number of nitrogens with zero attached hydrogens (tertiary/aromatic N) is 1. The van der Waals surface area contributed by atoms with Crippen LogP contribution in [0.5, 0.6) is 11.5 Å². The van der Waals surface area contributed by atoms with Crippen LogP contribution in [0.3, 0.4) is 0 Å². The van der Waals surface area contributed by atoms with Gasteiger partial charge in [-0.05, 0) is 30.7 Å².